The number of halogens is 3. The summed E-state index contributed by atoms with van der Waals surface area (Å²) in [6, 6.07) is 8.35. The van der Waals surface area contributed by atoms with Crippen LogP contribution in [0.25, 0.3) is 0 Å². The van der Waals surface area contributed by atoms with Gasteiger partial charge in [0.15, 0.2) is 12.2 Å². The summed E-state index contributed by atoms with van der Waals surface area (Å²) in [6.45, 7) is 5.29. The van der Waals surface area contributed by atoms with Crippen molar-refractivity contribution in [2.75, 3.05) is 23.4 Å². The molecule has 2 aromatic carbocycles. The van der Waals surface area contributed by atoms with E-state index in [0.29, 0.717) is 4.90 Å². The van der Waals surface area contributed by atoms with E-state index in [1.807, 2.05) is 6.07 Å². The van der Waals surface area contributed by atoms with Crippen LogP contribution in [0.5, 0.6) is 5.75 Å². The number of rotatable bonds is 8. The summed E-state index contributed by atoms with van der Waals surface area (Å²) in [5.74, 6) is -3.54. The molecule has 0 aliphatic carbocycles. The van der Waals surface area contributed by atoms with E-state index in [1.165, 1.54) is 18.2 Å². The Hall–Kier alpha value is -4.88. The van der Waals surface area contributed by atoms with Crippen LogP contribution in [0.4, 0.5) is 34.1 Å². The molecule has 2 aromatic rings. The van der Waals surface area contributed by atoms with Crippen LogP contribution in [0, 0.1) is 17.1 Å². The zero-order chi connectivity index (χ0) is 35.3. The Labute approximate surface area is 268 Å². The molecule has 0 bridgehead atoms. The van der Waals surface area contributed by atoms with Crippen molar-refractivity contribution < 1.29 is 56.4 Å². The molecule has 0 spiro atoms. The fourth-order valence-corrected chi connectivity index (χ4v) is 4.24. The quantitative estimate of drug-likeness (QED) is 0.404. The second-order valence-electron chi connectivity index (χ2n) is 12.2. The molecule has 0 aromatic heterocycles. The number of nitrogens with zero attached hydrogens (tertiary/aromatic N) is 3. The topological polar surface area (TPSA) is 168 Å². The predicted octanol–water partition coefficient (Wildman–Crippen LogP) is 4.70. The van der Waals surface area contributed by atoms with Gasteiger partial charge in [0.25, 0.3) is 11.8 Å². The normalized spacial score (nSPS) is 15.8. The van der Waals surface area contributed by atoms with Gasteiger partial charge in [-0.3, -0.25) is 9.59 Å². The van der Waals surface area contributed by atoms with Gasteiger partial charge >= 0.3 is 18.8 Å². The highest BCUT2D eigenvalue weighted by Gasteiger charge is 2.40. The lowest BCUT2D eigenvalue weighted by Crippen LogP contribution is -2.55. The second kappa shape index (κ2) is 14.7. The minimum Gasteiger partial charge on any atom is -0.443 e. The third-order valence-electron chi connectivity index (χ3n) is 6.15. The maximum absolute atomic E-state index is 14.0. The lowest BCUT2D eigenvalue weighted by atomic mass is 10.1. The van der Waals surface area contributed by atoms with Crippen molar-refractivity contribution in [2.45, 2.75) is 78.1 Å². The van der Waals surface area contributed by atoms with E-state index in [-0.39, 0.29) is 35.7 Å². The molecule has 2 atom stereocenters. The number of carbonyl (C=O) groups excluding carboxylic acids is 4. The first-order valence-electron chi connectivity index (χ1n) is 14.2. The van der Waals surface area contributed by atoms with E-state index in [0.717, 1.165) is 23.1 Å². The van der Waals surface area contributed by atoms with Crippen LogP contribution >= 0.6 is 0 Å². The number of morpholine rings is 1. The lowest BCUT2D eigenvalue weighted by molar-refractivity contribution is -0.150. The van der Waals surface area contributed by atoms with Crippen LogP contribution in [0.2, 0.25) is 0 Å². The fourth-order valence-electron chi connectivity index (χ4n) is 4.24. The number of alkyl halides is 2. The predicted molar refractivity (Wildman–Crippen MR) is 159 cm³/mol. The van der Waals surface area contributed by atoms with Crippen molar-refractivity contribution in [2.24, 2.45) is 0 Å². The van der Waals surface area contributed by atoms with E-state index in [9.17, 15) is 42.7 Å². The molecule has 4 amide bonds. The molecule has 16 heteroatoms. The maximum atomic E-state index is 14.0. The van der Waals surface area contributed by atoms with Gasteiger partial charge < -0.3 is 34.3 Å². The average molecular weight is 665 g/mol. The molecule has 1 fully saturated rings. The van der Waals surface area contributed by atoms with Gasteiger partial charge in [-0.25, -0.2) is 18.9 Å². The number of nitriles is 1. The van der Waals surface area contributed by atoms with Gasteiger partial charge in [0.05, 0.1) is 30.5 Å². The zero-order valence-corrected chi connectivity index (χ0v) is 26.5. The highest BCUT2D eigenvalue weighted by atomic mass is 19.3. The number of aliphatic hydroxyl groups excluding tert-OH is 1. The molecule has 1 aliphatic heterocycles. The summed E-state index contributed by atoms with van der Waals surface area (Å²) in [5, 5.41) is 22.9. The summed E-state index contributed by atoms with van der Waals surface area (Å²) in [6.07, 6.45) is -6.08. The Bertz CT molecular complexity index is 1520. The Kier molecular flexibility index (Phi) is 11.4. The third kappa shape index (κ3) is 10.1. The van der Waals surface area contributed by atoms with E-state index < -0.39 is 72.1 Å². The monoisotopic (exact) mass is 664 g/mol. The Morgan fingerprint density at radius 3 is 2.26 bits per heavy atom. The van der Waals surface area contributed by atoms with Crippen molar-refractivity contribution in [3.05, 3.63) is 53.3 Å². The second-order valence-corrected chi connectivity index (χ2v) is 12.2. The van der Waals surface area contributed by atoms with Gasteiger partial charge in [-0.05, 0) is 77.4 Å². The van der Waals surface area contributed by atoms with Gasteiger partial charge in [0.2, 0.25) is 0 Å². The molecular formula is C31H35F3N4O9. The third-order valence-corrected chi connectivity index (χ3v) is 6.15. The van der Waals surface area contributed by atoms with Crippen molar-refractivity contribution >= 4 is 35.4 Å². The van der Waals surface area contributed by atoms with Crippen molar-refractivity contribution in [3.8, 4) is 11.8 Å². The average Bonchev–Trinajstić information content (AvgIpc) is 2.94. The number of benzene rings is 2. The molecule has 47 heavy (non-hydrogen) atoms. The molecule has 1 heterocycles. The fraction of sp³-hybridized carbons (Fsp3) is 0.452. The number of hydrogen-bond donors (Lipinski definition) is 2. The van der Waals surface area contributed by atoms with E-state index in [1.54, 1.807) is 41.5 Å². The van der Waals surface area contributed by atoms with Gasteiger partial charge in [-0.1, -0.05) is 0 Å². The van der Waals surface area contributed by atoms with Crippen LogP contribution in [-0.2, 0) is 30.3 Å². The summed E-state index contributed by atoms with van der Waals surface area (Å²) in [7, 11) is 0. The van der Waals surface area contributed by atoms with E-state index in [4.69, 9.17) is 14.2 Å². The first kappa shape index (κ1) is 36.6. The van der Waals surface area contributed by atoms with Crippen LogP contribution < -0.4 is 15.0 Å². The molecule has 2 N–H and O–H groups in total. The number of aliphatic hydroxyl groups is 1. The number of amides is 4. The number of carbonyl (C=O) groups is 4. The highest BCUT2D eigenvalue weighted by Crippen LogP contribution is 2.33. The first-order chi connectivity index (χ1) is 21.8. The van der Waals surface area contributed by atoms with Crippen LogP contribution in [0.3, 0.4) is 0 Å². The Balaban J connectivity index is 1.84. The molecule has 3 rings (SSSR count). The standard InChI is InChI=1S/C31H35F3N4O9/c1-30(2,3)46-28(42)38(29(43)47-31(4,5)6)16-18-13-20(9-7-17(18)15-35)36-25(40)23(39)24-26(41)37(11-12-44-24)21-14-19(32)8-10-22(21)45-27(33)34/h7-10,13-14,23-24,27,39H,11-12,16H2,1-6H3,(H,36,40)/t23-,24-/m1/s1. The summed E-state index contributed by atoms with van der Waals surface area (Å²) < 4.78 is 60.3. The van der Waals surface area contributed by atoms with Crippen molar-refractivity contribution in [1.29, 1.82) is 5.26 Å². The molecule has 0 unspecified atom stereocenters. The minimum atomic E-state index is -3.28. The van der Waals surface area contributed by atoms with E-state index >= 15 is 0 Å². The number of anilines is 2. The summed E-state index contributed by atoms with van der Waals surface area (Å²) >= 11 is 0. The van der Waals surface area contributed by atoms with Gasteiger partial charge in [0, 0.05) is 18.3 Å². The van der Waals surface area contributed by atoms with Crippen molar-refractivity contribution in [3.63, 3.8) is 0 Å². The molecule has 1 aliphatic rings. The molecule has 0 saturated carbocycles. The number of imide groups is 1. The largest absolute Gasteiger partial charge is 0.443 e. The number of nitrogens with one attached hydrogen (secondary N) is 1. The molecule has 254 valence electrons. The summed E-state index contributed by atoms with van der Waals surface area (Å²) in [5.41, 5.74) is -2.21. The zero-order valence-electron chi connectivity index (χ0n) is 26.5. The molecule has 1 saturated heterocycles. The smallest absolute Gasteiger partial charge is 0.420 e. The maximum Gasteiger partial charge on any atom is 0.420 e. The molecule has 0 radical (unpaired) electrons. The highest BCUT2D eigenvalue weighted by molar-refractivity contribution is 6.04. The van der Waals surface area contributed by atoms with Gasteiger partial charge in [-0.15, -0.1) is 0 Å². The van der Waals surface area contributed by atoms with Gasteiger partial charge in [-0.2, -0.15) is 14.0 Å². The molecular weight excluding hydrogens is 629 g/mol. The Morgan fingerprint density at radius 2 is 1.70 bits per heavy atom. The van der Waals surface area contributed by atoms with Crippen LogP contribution in [0.1, 0.15) is 52.7 Å². The summed E-state index contributed by atoms with van der Waals surface area (Å²) in [4.78, 5) is 53.7. The lowest BCUT2D eigenvalue weighted by Gasteiger charge is -2.34. The van der Waals surface area contributed by atoms with Gasteiger partial charge in [0.1, 0.15) is 22.8 Å². The number of hydrogen-bond acceptors (Lipinski definition) is 10. The minimum absolute atomic E-state index is 0.00533. The SMILES string of the molecule is CC(C)(C)OC(=O)N(Cc1cc(NC(=O)[C@H](O)[C@H]2OCCN(c3cc(F)ccc3OC(F)F)C2=O)ccc1C#N)C(=O)OC(C)(C)C. The van der Waals surface area contributed by atoms with Crippen molar-refractivity contribution in [1.82, 2.24) is 4.90 Å². The van der Waals surface area contributed by atoms with E-state index in [2.05, 4.69) is 10.1 Å². The molecule has 13 nitrogen and oxygen atoms in total. The van der Waals surface area contributed by atoms with Crippen LogP contribution in [0.15, 0.2) is 36.4 Å². The Morgan fingerprint density at radius 1 is 1.09 bits per heavy atom. The van der Waals surface area contributed by atoms with Crippen LogP contribution in [-0.4, -0.2) is 77.2 Å². The number of ether oxygens (including phenoxy) is 4. The first-order valence-corrected chi connectivity index (χ1v) is 14.2.